The third kappa shape index (κ3) is 3.55. The molecule has 2 atom stereocenters. The first-order valence-electron chi connectivity index (χ1n) is 8.67. The average molecular weight is 330 g/mol. The molecule has 24 heavy (non-hydrogen) atoms. The van der Waals surface area contributed by atoms with Crippen LogP contribution in [-0.2, 0) is 16.1 Å². The molecule has 130 valence electrons. The Kier molecular flexibility index (Phi) is 4.78. The van der Waals surface area contributed by atoms with Gasteiger partial charge in [0.25, 0.3) is 0 Å². The van der Waals surface area contributed by atoms with Crippen LogP contribution in [0.3, 0.4) is 0 Å². The summed E-state index contributed by atoms with van der Waals surface area (Å²) in [4.78, 5) is 28.6. The van der Waals surface area contributed by atoms with Crippen molar-refractivity contribution in [3.05, 3.63) is 29.8 Å². The minimum atomic E-state index is -0.207. The maximum Gasteiger partial charge on any atom is 0.227 e. The van der Waals surface area contributed by atoms with Gasteiger partial charge in [0.2, 0.25) is 11.8 Å². The molecule has 0 aromatic heterocycles. The molecule has 0 bridgehead atoms. The second-order valence-corrected chi connectivity index (χ2v) is 7.05. The highest BCUT2D eigenvalue weighted by Gasteiger charge is 2.39. The Morgan fingerprint density at radius 3 is 2.58 bits per heavy atom. The van der Waals surface area contributed by atoms with Gasteiger partial charge in [-0.3, -0.25) is 9.59 Å². The van der Waals surface area contributed by atoms with E-state index in [1.807, 2.05) is 36.2 Å². The maximum atomic E-state index is 12.7. The van der Waals surface area contributed by atoms with Crippen LogP contribution in [0.1, 0.15) is 31.7 Å². The number of methoxy groups -OCH3 is 1. The molecule has 1 heterocycles. The Morgan fingerprint density at radius 1 is 1.33 bits per heavy atom. The van der Waals surface area contributed by atoms with Crippen LogP contribution in [0.4, 0.5) is 0 Å². The number of hydrogen-bond donors (Lipinski definition) is 0. The van der Waals surface area contributed by atoms with Crippen molar-refractivity contribution in [3.8, 4) is 5.75 Å². The van der Waals surface area contributed by atoms with Crippen LogP contribution in [0.2, 0.25) is 0 Å². The monoisotopic (exact) mass is 330 g/mol. The van der Waals surface area contributed by atoms with E-state index in [4.69, 9.17) is 4.74 Å². The maximum absolute atomic E-state index is 12.7. The number of benzene rings is 1. The second-order valence-electron chi connectivity index (χ2n) is 7.05. The molecular formula is C19H26N2O3. The largest absolute Gasteiger partial charge is 0.497 e. The van der Waals surface area contributed by atoms with Crippen LogP contribution in [0.15, 0.2) is 24.3 Å². The topological polar surface area (TPSA) is 49.9 Å². The first-order chi connectivity index (χ1) is 11.5. The molecule has 2 aliphatic rings. The number of carbonyl (C=O) groups excluding carboxylic acids is 2. The minimum Gasteiger partial charge on any atom is -0.497 e. The summed E-state index contributed by atoms with van der Waals surface area (Å²) in [7, 11) is 3.51. The summed E-state index contributed by atoms with van der Waals surface area (Å²) in [6.07, 6.45) is 2.76. The fourth-order valence-corrected chi connectivity index (χ4v) is 3.43. The summed E-state index contributed by atoms with van der Waals surface area (Å²) in [5.74, 6) is 1.42. The number of rotatable bonds is 6. The molecule has 2 amide bonds. The lowest BCUT2D eigenvalue weighted by Crippen LogP contribution is -2.41. The van der Waals surface area contributed by atoms with E-state index in [0.717, 1.165) is 11.3 Å². The Morgan fingerprint density at radius 2 is 2.00 bits per heavy atom. The smallest absolute Gasteiger partial charge is 0.227 e. The summed E-state index contributed by atoms with van der Waals surface area (Å²) in [6.45, 7) is 3.18. The predicted molar refractivity (Wildman–Crippen MR) is 91.5 cm³/mol. The number of nitrogens with zero attached hydrogens (tertiary/aromatic N) is 2. The molecule has 1 aromatic rings. The van der Waals surface area contributed by atoms with Crippen LogP contribution in [-0.4, -0.2) is 48.4 Å². The van der Waals surface area contributed by atoms with Crippen LogP contribution in [0, 0.1) is 11.8 Å². The van der Waals surface area contributed by atoms with Crippen molar-refractivity contribution in [2.45, 2.75) is 38.8 Å². The van der Waals surface area contributed by atoms with Gasteiger partial charge >= 0.3 is 0 Å². The zero-order valence-corrected chi connectivity index (χ0v) is 14.7. The molecule has 1 aromatic carbocycles. The standard InChI is InChI=1S/C19H26N2O3/c1-13(15-6-7-15)20(2)19(23)16-10-18(22)21(12-16)11-14-4-8-17(24-3)9-5-14/h4-5,8-9,13,15-16H,6-7,10-12H2,1-3H3/t13-,16-/m0/s1. The van der Waals surface area contributed by atoms with Crippen molar-refractivity contribution in [1.29, 1.82) is 0 Å². The second kappa shape index (κ2) is 6.83. The van der Waals surface area contributed by atoms with E-state index in [1.54, 1.807) is 12.0 Å². The fourth-order valence-electron chi connectivity index (χ4n) is 3.43. The number of ether oxygens (including phenoxy) is 1. The van der Waals surface area contributed by atoms with Gasteiger partial charge in [-0.15, -0.1) is 0 Å². The molecule has 0 N–H and O–H groups in total. The van der Waals surface area contributed by atoms with E-state index in [0.29, 0.717) is 25.4 Å². The quantitative estimate of drug-likeness (QED) is 0.804. The predicted octanol–water partition coefficient (Wildman–Crippen LogP) is 2.30. The van der Waals surface area contributed by atoms with Gasteiger partial charge in [0.1, 0.15) is 5.75 Å². The number of carbonyl (C=O) groups is 2. The number of amides is 2. The van der Waals surface area contributed by atoms with Gasteiger partial charge < -0.3 is 14.5 Å². The minimum absolute atomic E-state index is 0.0663. The van der Waals surface area contributed by atoms with Gasteiger partial charge in [-0.1, -0.05) is 12.1 Å². The molecular weight excluding hydrogens is 304 g/mol. The van der Waals surface area contributed by atoms with Crippen LogP contribution in [0.5, 0.6) is 5.75 Å². The number of hydrogen-bond acceptors (Lipinski definition) is 3. The van der Waals surface area contributed by atoms with Crippen LogP contribution < -0.4 is 4.74 Å². The molecule has 1 saturated heterocycles. The number of likely N-dealkylation sites (tertiary alicyclic amines) is 1. The highest BCUT2D eigenvalue weighted by Crippen LogP contribution is 2.35. The summed E-state index contributed by atoms with van der Waals surface area (Å²) >= 11 is 0. The molecule has 1 aliphatic heterocycles. The molecule has 3 rings (SSSR count). The first-order valence-corrected chi connectivity index (χ1v) is 8.67. The van der Waals surface area contributed by atoms with Gasteiger partial charge in [0, 0.05) is 32.6 Å². The average Bonchev–Trinajstić information content (AvgIpc) is 3.38. The van der Waals surface area contributed by atoms with Gasteiger partial charge in [0.05, 0.1) is 13.0 Å². The van der Waals surface area contributed by atoms with E-state index in [2.05, 4.69) is 6.92 Å². The van der Waals surface area contributed by atoms with Crippen molar-refractivity contribution >= 4 is 11.8 Å². The normalized spacial score (nSPS) is 21.7. The van der Waals surface area contributed by atoms with Crippen LogP contribution >= 0.6 is 0 Å². The first kappa shape index (κ1) is 16.8. The third-order valence-electron chi connectivity index (χ3n) is 5.36. The Balaban J connectivity index is 1.59. The SMILES string of the molecule is COc1ccc(CN2C[C@@H](C(=O)N(C)[C@@H](C)C3CC3)CC2=O)cc1. The zero-order chi connectivity index (χ0) is 17.3. The summed E-state index contributed by atoms with van der Waals surface area (Å²) in [5.41, 5.74) is 1.05. The van der Waals surface area contributed by atoms with E-state index in [9.17, 15) is 9.59 Å². The fraction of sp³-hybridized carbons (Fsp3) is 0.579. The van der Waals surface area contributed by atoms with Crippen LogP contribution in [0.25, 0.3) is 0 Å². The molecule has 0 unspecified atom stereocenters. The van der Waals surface area contributed by atoms with E-state index in [-0.39, 0.29) is 23.8 Å². The lowest BCUT2D eigenvalue weighted by atomic mass is 10.1. The third-order valence-corrected chi connectivity index (χ3v) is 5.36. The van der Waals surface area contributed by atoms with Crippen molar-refractivity contribution in [2.24, 2.45) is 11.8 Å². The van der Waals surface area contributed by atoms with E-state index in [1.165, 1.54) is 12.8 Å². The highest BCUT2D eigenvalue weighted by molar-refractivity contribution is 5.89. The molecule has 0 spiro atoms. The molecule has 0 radical (unpaired) electrons. The van der Waals surface area contributed by atoms with Crippen molar-refractivity contribution in [3.63, 3.8) is 0 Å². The lowest BCUT2D eigenvalue weighted by molar-refractivity contribution is -0.136. The summed E-state index contributed by atoms with van der Waals surface area (Å²) < 4.78 is 5.15. The zero-order valence-electron chi connectivity index (χ0n) is 14.7. The van der Waals surface area contributed by atoms with Crippen molar-refractivity contribution in [2.75, 3.05) is 20.7 Å². The Hall–Kier alpha value is -2.04. The van der Waals surface area contributed by atoms with Crippen molar-refractivity contribution < 1.29 is 14.3 Å². The molecule has 1 aliphatic carbocycles. The van der Waals surface area contributed by atoms with Crippen molar-refractivity contribution in [1.82, 2.24) is 9.80 Å². The lowest BCUT2D eigenvalue weighted by Gasteiger charge is -2.27. The van der Waals surface area contributed by atoms with E-state index >= 15 is 0 Å². The Bertz CT molecular complexity index is 610. The van der Waals surface area contributed by atoms with Gasteiger partial charge in [-0.25, -0.2) is 0 Å². The highest BCUT2D eigenvalue weighted by atomic mass is 16.5. The molecule has 5 heteroatoms. The Labute approximate surface area is 143 Å². The molecule has 5 nitrogen and oxygen atoms in total. The molecule has 1 saturated carbocycles. The molecule has 2 fully saturated rings. The van der Waals surface area contributed by atoms with Gasteiger partial charge in [-0.2, -0.15) is 0 Å². The van der Waals surface area contributed by atoms with E-state index < -0.39 is 0 Å². The summed E-state index contributed by atoms with van der Waals surface area (Å²) in [5, 5.41) is 0. The van der Waals surface area contributed by atoms with Gasteiger partial charge in [-0.05, 0) is 43.4 Å². The van der Waals surface area contributed by atoms with Gasteiger partial charge in [0.15, 0.2) is 0 Å². The summed E-state index contributed by atoms with van der Waals surface area (Å²) in [6, 6.07) is 7.99.